The van der Waals surface area contributed by atoms with Gasteiger partial charge < -0.3 is 9.47 Å². The molecule has 0 aliphatic heterocycles. The van der Waals surface area contributed by atoms with Crippen LogP contribution in [0.5, 0.6) is 0 Å². The maximum absolute atomic E-state index is 11.6. The SMILES string of the molecule is CCCCCCCC(C)(CCCOC(=O)CC)OC(=O)CC. The maximum Gasteiger partial charge on any atom is 0.306 e. The molecule has 0 aromatic rings. The van der Waals surface area contributed by atoms with Gasteiger partial charge in [0.25, 0.3) is 0 Å². The van der Waals surface area contributed by atoms with Crippen LogP contribution in [0.1, 0.15) is 91.9 Å². The third-order valence-corrected chi connectivity index (χ3v) is 3.86. The topological polar surface area (TPSA) is 52.6 Å². The van der Waals surface area contributed by atoms with Gasteiger partial charge in [-0.1, -0.05) is 46.5 Å². The molecule has 0 aliphatic rings. The lowest BCUT2D eigenvalue weighted by Crippen LogP contribution is -2.32. The van der Waals surface area contributed by atoms with Crippen LogP contribution >= 0.6 is 0 Å². The predicted octanol–water partition coefficient (Wildman–Crippen LogP) is 4.79. The van der Waals surface area contributed by atoms with E-state index in [1.807, 2.05) is 13.8 Å². The number of carbonyl (C=O) groups is 2. The molecular formula is C18H34O4. The molecule has 0 saturated heterocycles. The highest BCUT2D eigenvalue weighted by Gasteiger charge is 2.27. The molecule has 1 atom stereocenters. The van der Waals surface area contributed by atoms with Crippen LogP contribution < -0.4 is 0 Å². The molecular weight excluding hydrogens is 280 g/mol. The van der Waals surface area contributed by atoms with Crippen molar-refractivity contribution < 1.29 is 19.1 Å². The molecule has 0 saturated carbocycles. The Balaban J connectivity index is 4.21. The van der Waals surface area contributed by atoms with Gasteiger partial charge in [-0.15, -0.1) is 0 Å². The molecule has 0 N–H and O–H groups in total. The summed E-state index contributed by atoms with van der Waals surface area (Å²) in [6.45, 7) is 8.20. The van der Waals surface area contributed by atoms with Crippen LogP contribution in [0, 0.1) is 0 Å². The van der Waals surface area contributed by atoms with Crippen molar-refractivity contribution in [1.29, 1.82) is 0 Å². The summed E-state index contributed by atoms with van der Waals surface area (Å²) in [6.07, 6.45) is 9.13. The molecule has 0 radical (unpaired) electrons. The van der Waals surface area contributed by atoms with E-state index < -0.39 is 5.60 Å². The molecule has 0 heterocycles. The highest BCUT2D eigenvalue weighted by atomic mass is 16.6. The minimum absolute atomic E-state index is 0.151. The summed E-state index contributed by atoms with van der Waals surface area (Å²) in [6, 6.07) is 0. The average Bonchev–Trinajstić information content (AvgIpc) is 2.51. The van der Waals surface area contributed by atoms with Gasteiger partial charge in [0.15, 0.2) is 0 Å². The van der Waals surface area contributed by atoms with Gasteiger partial charge in [0, 0.05) is 12.8 Å². The van der Waals surface area contributed by atoms with Crippen molar-refractivity contribution in [1.82, 2.24) is 0 Å². The van der Waals surface area contributed by atoms with E-state index in [4.69, 9.17) is 9.47 Å². The molecule has 0 bridgehead atoms. The van der Waals surface area contributed by atoms with E-state index in [1.54, 1.807) is 6.92 Å². The molecule has 0 amide bonds. The van der Waals surface area contributed by atoms with Crippen LogP contribution in [0.4, 0.5) is 0 Å². The van der Waals surface area contributed by atoms with Crippen molar-refractivity contribution >= 4 is 11.9 Å². The second-order valence-electron chi connectivity index (χ2n) is 6.12. The number of hydrogen-bond donors (Lipinski definition) is 0. The zero-order valence-electron chi connectivity index (χ0n) is 14.9. The first-order chi connectivity index (χ1) is 10.5. The van der Waals surface area contributed by atoms with Gasteiger partial charge in [-0.05, 0) is 32.6 Å². The van der Waals surface area contributed by atoms with E-state index in [-0.39, 0.29) is 11.9 Å². The van der Waals surface area contributed by atoms with Gasteiger partial charge in [0.2, 0.25) is 0 Å². The van der Waals surface area contributed by atoms with Crippen molar-refractivity contribution in [2.75, 3.05) is 6.61 Å². The fourth-order valence-electron chi connectivity index (χ4n) is 2.41. The Morgan fingerprint density at radius 2 is 1.41 bits per heavy atom. The predicted molar refractivity (Wildman–Crippen MR) is 88.6 cm³/mol. The van der Waals surface area contributed by atoms with Crippen molar-refractivity contribution in [3.63, 3.8) is 0 Å². The second-order valence-corrected chi connectivity index (χ2v) is 6.12. The molecule has 1 unspecified atom stereocenters. The summed E-state index contributed by atoms with van der Waals surface area (Å²) in [5, 5.41) is 0. The third kappa shape index (κ3) is 10.6. The van der Waals surface area contributed by atoms with Crippen molar-refractivity contribution in [3.8, 4) is 0 Å². The van der Waals surface area contributed by atoms with Crippen LogP contribution in [0.3, 0.4) is 0 Å². The maximum atomic E-state index is 11.6. The first kappa shape index (κ1) is 20.9. The Bertz CT molecular complexity index is 314. The van der Waals surface area contributed by atoms with Crippen LogP contribution in [-0.2, 0) is 19.1 Å². The zero-order valence-corrected chi connectivity index (χ0v) is 14.9. The molecule has 0 aromatic carbocycles. The van der Waals surface area contributed by atoms with Crippen LogP contribution in [0.2, 0.25) is 0 Å². The molecule has 4 nitrogen and oxygen atoms in total. The highest BCUT2D eigenvalue weighted by molar-refractivity contribution is 5.69. The summed E-state index contributed by atoms with van der Waals surface area (Å²) in [5.74, 6) is -0.326. The number of ether oxygens (including phenoxy) is 2. The Morgan fingerprint density at radius 3 is 2.00 bits per heavy atom. The largest absolute Gasteiger partial charge is 0.466 e. The van der Waals surface area contributed by atoms with Gasteiger partial charge >= 0.3 is 11.9 Å². The van der Waals surface area contributed by atoms with E-state index in [2.05, 4.69) is 6.92 Å². The lowest BCUT2D eigenvalue weighted by molar-refractivity contribution is -0.160. The van der Waals surface area contributed by atoms with Gasteiger partial charge in [0.1, 0.15) is 5.60 Å². The van der Waals surface area contributed by atoms with E-state index in [1.165, 1.54) is 25.7 Å². The van der Waals surface area contributed by atoms with E-state index in [9.17, 15) is 9.59 Å². The Kier molecular flexibility index (Phi) is 11.9. The normalized spacial score (nSPS) is 13.5. The summed E-state index contributed by atoms with van der Waals surface area (Å²) in [7, 11) is 0. The van der Waals surface area contributed by atoms with E-state index in [0.29, 0.717) is 19.4 Å². The quantitative estimate of drug-likeness (QED) is 0.362. The number of esters is 2. The molecule has 130 valence electrons. The fourth-order valence-corrected chi connectivity index (χ4v) is 2.41. The van der Waals surface area contributed by atoms with Gasteiger partial charge in [-0.3, -0.25) is 9.59 Å². The first-order valence-electron chi connectivity index (χ1n) is 8.84. The minimum atomic E-state index is -0.433. The number of hydrogen-bond acceptors (Lipinski definition) is 4. The molecule has 0 aromatic heterocycles. The first-order valence-corrected chi connectivity index (χ1v) is 8.84. The van der Waals surface area contributed by atoms with Crippen molar-refractivity contribution in [2.24, 2.45) is 0 Å². The summed E-state index contributed by atoms with van der Waals surface area (Å²) in [5.41, 5.74) is -0.433. The average molecular weight is 314 g/mol. The van der Waals surface area contributed by atoms with E-state index >= 15 is 0 Å². The molecule has 0 aliphatic carbocycles. The number of rotatable bonds is 13. The van der Waals surface area contributed by atoms with Crippen LogP contribution in [-0.4, -0.2) is 24.1 Å². The smallest absolute Gasteiger partial charge is 0.306 e. The monoisotopic (exact) mass is 314 g/mol. The number of unbranched alkanes of at least 4 members (excludes halogenated alkanes) is 4. The zero-order chi connectivity index (χ0) is 16.8. The van der Waals surface area contributed by atoms with Gasteiger partial charge in [0.05, 0.1) is 6.61 Å². The molecule has 0 spiro atoms. The highest BCUT2D eigenvalue weighted by Crippen LogP contribution is 2.26. The molecule has 4 heteroatoms. The van der Waals surface area contributed by atoms with E-state index in [0.717, 1.165) is 25.7 Å². The van der Waals surface area contributed by atoms with Crippen LogP contribution in [0.15, 0.2) is 0 Å². The Hall–Kier alpha value is -1.06. The van der Waals surface area contributed by atoms with Crippen molar-refractivity contribution in [2.45, 2.75) is 97.5 Å². The molecule has 0 fully saturated rings. The molecule has 0 rings (SSSR count). The standard InChI is InChI=1S/C18H34O4/c1-5-8-9-10-11-13-18(4,22-17(20)7-3)14-12-15-21-16(19)6-2/h5-15H2,1-4H3. The Labute approximate surface area is 135 Å². The second kappa shape index (κ2) is 12.5. The van der Waals surface area contributed by atoms with Crippen molar-refractivity contribution in [3.05, 3.63) is 0 Å². The van der Waals surface area contributed by atoms with Crippen LogP contribution in [0.25, 0.3) is 0 Å². The minimum Gasteiger partial charge on any atom is -0.466 e. The number of carbonyl (C=O) groups excluding carboxylic acids is 2. The lowest BCUT2D eigenvalue weighted by Gasteiger charge is -2.30. The summed E-state index contributed by atoms with van der Waals surface area (Å²) in [4.78, 5) is 22.8. The fraction of sp³-hybridized carbons (Fsp3) is 0.889. The van der Waals surface area contributed by atoms with Gasteiger partial charge in [-0.2, -0.15) is 0 Å². The third-order valence-electron chi connectivity index (χ3n) is 3.86. The summed E-state index contributed by atoms with van der Waals surface area (Å²) < 4.78 is 10.7. The summed E-state index contributed by atoms with van der Waals surface area (Å²) >= 11 is 0. The lowest BCUT2D eigenvalue weighted by atomic mass is 9.92. The Morgan fingerprint density at radius 1 is 0.818 bits per heavy atom. The van der Waals surface area contributed by atoms with Gasteiger partial charge in [-0.25, -0.2) is 0 Å². The molecule has 22 heavy (non-hydrogen) atoms.